The first kappa shape index (κ1) is 29.0. The number of anilines is 1. The molecular formula is C34H40N4O6. The van der Waals surface area contributed by atoms with Gasteiger partial charge in [0.15, 0.2) is 0 Å². The summed E-state index contributed by atoms with van der Waals surface area (Å²) in [5, 5.41) is 6.25. The van der Waals surface area contributed by atoms with Crippen LogP contribution in [0.1, 0.15) is 32.1 Å². The monoisotopic (exact) mass is 600 g/mol. The summed E-state index contributed by atoms with van der Waals surface area (Å²) < 4.78 is 17.9. The first-order valence-corrected chi connectivity index (χ1v) is 15.9. The number of benzene rings is 2. The lowest BCUT2D eigenvalue weighted by atomic mass is 9.74. The van der Waals surface area contributed by atoms with E-state index >= 15 is 0 Å². The second-order valence-corrected chi connectivity index (χ2v) is 12.5. The number of rotatable bonds is 9. The highest BCUT2D eigenvalue weighted by Crippen LogP contribution is 2.55. The fourth-order valence-corrected chi connectivity index (χ4v) is 7.57. The van der Waals surface area contributed by atoms with Gasteiger partial charge in [-0.05, 0) is 49.2 Å². The van der Waals surface area contributed by atoms with Gasteiger partial charge in [-0.1, -0.05) is 49.6 Å². The lowest BCUT2D eigenvalue weighted by Gasteiger charge is -2.35. The molecule has 3 saturated heterocycles. The third-order valence-corrected chi connectivity index (χ3v) is 9.74. The largest absolute Gasteiger partial charge is 0.457 e. The van der Waals surface area contributed by atoms with Crippen LogP contribution in [0.3, 0.4) is 0 Å². The van der Waals surface area contributed by atoms with Crippen molar-refractivity contribution in [2.24, 2.45) is 11.8 Å². The molecule has 3 amide bonds. The minimum Gasteiger partial charge on any atom is -0.457 e. The molecule has 0 aromatic heterocycles. The first-order chi connectivity index (χ1) is 21.5. The highest BCUT2D eigenvalue weighted by Gasteiger charge is 2.72. The minimum atomic E-state index is -1.17. The molecule has 2 N–H and O–H groups in total. The van der Waals surface area contributed by atoms with Crippen molar-refractivity contribution in [2.75, 3.05) is 44.7 Å². The average molecular weight is 601 g/mol. The van der Waals surface area contributed by atoms with E-state index in [0.717, 1.165) is 44.5 Å². The molecule has 1 spiro atoms. The normalized spacial score (nSPS) is 29.9. The van der Waals surface area contributed by atoms with Crippen molar-refractivity contribution in [1.29, 1.82) is 0 Å². The molecular weight excluding hydrogens is 560 g/mol. The van der Waals surface area contributed by atoms with Gasteiger partial charge in [-0.3, -0.25) is 19.3 Å². The smallest absolute Gasteiger partial charge is 0.246 e. The number of ether oxygens (including phenoxy) is 3. The second kappa shape index (κ2) is 12.3. The zero-order chi connectivity index (χ0) is 30.1. The van der Waals surface area contributed by atoms with Crippen LogP contribution in [0.15, 0.2) is 66.7 Å². The first-order valence-electron chi connectivity index (χ1n) is 15.9. The molecule has 4 aliphatic heterocycles. The van der Waals surface area contributed by atoms with Crippen LogP contribution < -0.4 is 15.4 Å². The zero-order valence-corrected chi connectivity index (χ0v) is 24.9. The Labute approximate surface area is 257 Å². The van der Waals surface area contributed by atoms with Gasteiger partial charge >= 0.3 is 0 Å². The highest BCUT2D eigenvalue weighted by molar-refractivity contribution is 6.02. The summed E-state index contributed by atoms with van der Waals surface area (Å²) in [5.74, 6) is -0.821. The third kappa shape index (κ3) is 5.50. The van der Waals surface area contributed by atoms with Gasteiger partial charge in [0.1, 0.15) is 23.1 Å². The summed E-state index contributed by atoms with van der Waals surface area (Å²) in [6.45, 7) is 3.90. The second-order valence-electron chi connectivity index (χ2n) is 12.5. The summed E-state index contributed by atoms with van der Waals surface area (Å²) >= 11 is 0. The predicted octanol–water partition coefficient (Wildman–Crippen LogP) is 3.35. The lowest BCUT2D eigenvalue weighted by molar-refractivity contribution is -0.141. The van der Waals surface area contributed by atoms with Crippen molar-refractivity contribution in [3.05, 3.63) is 66.7 Å². The van der Waals surface area contributed by atoms with Crippen LogP contribution in [-0.2, 0) is 23.9 Å². The molecule has 44 heavy (non-hydrogen) atoms. The molecule has 2 aromatic carbocycles. The number of carbonyl (C=O) groups excluding carboxylic acids is 3. The van der Waals surface area contributed by atoms with E-state index in [1.165, 1.54) is 6.42 Å². The number of nitrogens with zero attached hydrogens (tertiary/aromatic N) is 2. The van der Waals surface area contributed by atoms with E-state index in [1.54, 1.807) is 29.2 Å². The zero-order valence-electron chi connectivity index (χ0n) is 24.9. The number of hydrogen-bond acceptors (Lipinski definition) is 7. The van der Waals surface area contributed by atoms with Crippen molar-refractivity contribution < 1.29 is 28.6 Å². The van der Waals surface area contributed by atoms with Gasteiger partial charge in [-0.15, -0.1) is 0 Å². The summed E-state index contributed by atoms with van der Waals surface area (Å²) in [6.07, 6.45) is 8.39. The number of carbonyl (C=O) groups is 3. The standard InChI is InChI=1S/C34H40N4O6/c39-31(35-24-11-13-26(14-12-24)43-25-9-5-2-6-10-25)28-27-15-16-34(44-27)29(28)33(41)38(18-17-37-19-21-42-22-20-37)30(34)32(40)36-23-7-3-1-4-8-23/h2,5-6,9-16,23,27-30H,1,3-4,7-8,17-22H2,(H,35,39)(H,36,40)/t27-,28+,29-,30+,34-/m0/s1. The number of para-hydroxylation sites is 1. The van der Waals surface area contributed by atoms with Crippen LogP contribution >= 0.6 is 0 Å². The van der Waals surface area contributed by atoms with Crippen LogP contribution in [0.4, 0.5) is 5.69 Å². The molecule has 5 atom stereocenters. The van der Waals surface area contributed by atoms with Crippen LogP contribution in [0, 0.1) is 11.8 Å². The Morgan fingerprint density at radius 3 is 2.39 bits per heavy atom. The molecule has 1 saturated carbocycles. The molecule has 5 aliphatic rings. The Morgan fingerprint density at radius 1 is 0.909 bits per heavy atom. The quantitative estimate of drug-likeness (QED) is 0.425. The average Bonchev–Trinajstić information content (AvgIpc) is 3.69. The molecule has 4 fully saturated rings. The van der Waals surface area contributed by atoms with Crippen molar-refractivity contribution >= 4 is 23.4 Å². The molecule has 1 aliphatic carbocycles. The fourth-order valence-electron chi connectivity index (χ4n) is 7.57. The maximum absolute atomic E-state index is 14.2. The van der Waals surface area contributed by atoms with Crippen LogP contribution in [0.25, 0.3) is 0 Å². The van der Waals surface area contributed by atoms with Crippen molar-refractivity contribution in [3.8, 4) is 11.5 Å². The van der Waals surface area contributed by atoms with Crippen LogP contribution in [-0.4, -0.2) is 90.7 Å². The topological polar surface area (TPSA) is 109 Å². The Bertz CT molecular complexity index is 1390. The molecule has 7 rings (SSSR count). The van der Waals surface area contributed by atoms with E-state index in [0.29, 0.717) is 37.7 Å². The van der Waals surface area contributed by atoms with Crippen molar-refractivity contribution in [3.63, 3.8) is 0 Å². The summed E-state index contributed by atoms with van der Waals surface area (Å²) in [7, 11) is 0. The van der Waals surface area contributed by atoms with Crippen LogP contribution in [0.5, 0.6) is 11.5 Å². The minimum absolute atomic E-state index is 0.0958. The maximum atomic E-state index is 14.2. The number of likely N-dealkylation sites (tertiary alicyclic amines) is 1. The molecule has 232 valence electrons. The van der Waals surface area contributed by atoms with E-state index in [2.05, 4.69) is 15.5 Å². The molecule has 2 aromatic rings. The third-order valence-electron chi connectivity index (χ3n) is 9.74. The molecule has 0 radical (unpaired) electrons. The molecule has 0 unspecified atom stereocenters. The molecule has 10 heteroatoms. The molecule has 2 bridgehead atoms. The number of hydrogen-bond donors (Lipinski definition) is 2. The van der Waals surface area contributed by atoms with Crippen LogP contribution in [0.2, 0.25) is 0 Å². The van der Waals surface area contributed by atoms with Gasteiger partial charge in [0.05, 0.1) is 31.2 Å². The SMILES string of the molecule is O=C(Nc1ccc(Oc2ccccc2)cc1)[C@@H]1[C@@H]2C=C[C@]3(O2)[C@@H]1C(=O)N(CCN1CCOCC1)[C@@H]3C(=O)NC1CCCCC1. The maximum Gasteiger partial charge on any atom is 0.246 e. The van der Waals surface area contributed by atoms with E-state index in [1.807, 2.05) is 42.5 Å². The van der Waals surface area contributed by atoms with E-state index < -0.39 is 29.6 Å². The van der Waals surface area contributed by atoms with E-state index in [4.69, 9.17) is 14.2 Å². The number of fused-ring (bicyclic) bond motifs is 1. The van der Waals surface area contributed by atoms with E-state index in [-0.39, 0.29) is 23.8 Å². The summed E-state index contributed by atoms with van der Waals surface area (Å²) in [5.41, 5.74) is -0.571. The Kier molecular flexibility index (Phi) is 8.14. The summed E-state index contributed by atoms with van der Waals surface area (Å²) in [6, 6.07) is 15.9. The van der Waals surface area contributed by atoms with Crippen molar-refractivity contribution in [2.45, 2.75) is 55.9 Å². The van der Waals surface area contributed by atoms with Crippen molar-refractivity contribution in [1.82, 2.24) is 15.1 Å². The molecule has 10 nitrogen and oxygen atoms in total. The molecule has 4 heterocycles. The highest BCUT2D eigenvalue weighted by atomic mass is 16.5. The fraction of sp³-hybridized carbons (Fsp3) is 0.500. The number of amides is 3. The summed E-state index contributed by atoms with van der Waals surface area (Å²) in [4.78, 5) is 46.0. The van der Waals surface area contributed by atoms with Gasteiger partial charge in [0.25, 0.3) is 0 Å². The van der Waals surface area contributed by atoms with Gasteiger partial charge in [-0.25, -0.2) is 0 Å². The predicted molar refractivity (Wildman–Crippen MR) is 163 cm³/mol. The Morgan fingerprint density at radius 2 is 1.64 bits per heavy atom. The van der Waals surface area contributed by atoms with Gasteiger partial charge in [0.2, 0.25) is 17.7 Å². The Balaban J connectivity index is 1.09. The Hall–Kier alpha value is -3.73. The number of morpholine rings is 1. The van der Waals surface area contributed by atoms with E-state index in [9.17, 15) is 14.4 Å². The van der Waals surface area contributed by atoms with Gasteiger partial charge < -0.3 is 29.7 Å². The number of nitrogens with one attached hydrogen (secondary N) is 2. The van der Waals surface area contributed by atoms with Gasteiger partial charge in [-0.2, -0.15) is 0 Å². The lowest BCUT2D eigenvalue weighted by Crippen LogP contribution is -2.57. The van der Waals surface area contributed by atoms with Gasteiger partial charge in [0, 0.05) is 37.9 Å².